The SMILES string of the molecule is CS(=O)[O-].CS(=O)[O-].[Cu+2]. The van der Waals surface area contributed by atoms with E-state index < -0.39 is 22.2 Å². The summed E-state index contributed by atoms with van der Waals surface area (Å²) in [6.07, 6.45) is 2.17. The van der Waals surface area contributed by atoms with Crippen molar-refractivity contribution in [3.05, 3.63) is 0 Å². The van der Waals surface area contributed by atoms with Crippen LogP contribution in [0.1, 0.15) is 0 Å². The molecule has 0 rings (SSSR count). The van der Waals surface area contributed by atoms with Gasteiger partial charge >= 0.3 is 17.1 Å². The monoisotopic (exact) mass is 221 g/mol. The van der Waals surface area contributed by atoms with E-state index in [0.717, 1.165) is 12.5 Å². The molecule has 0 N–H and O–H groups in total. The van der Waals surface area contributed by atoms with Gasteiger partial charge in [-0.1, -0.05) is 22.2 Å². The van der Waals surface area contributed by atoms with Crippen molar-refractivity contribution >= 4 is 22.2 Å². The number of rotatable bonds is 0. The van der Waals surface area contributed by atoms with Crippen LogP contribution in [0, 0.1) is 0 Å². The molecule has 0 saturated carbocycles. The van der Waals surface area contributed by atoms with Crippen molar-refractivity contribution in [2.45, 2.75) is 0 Å². The van der Waals surface area contributed by atoms with Gasteiger partial charge in [-0.15, -0.1) is 0 Å². The Morgan fingerprint density at radius 3 is 1.00 bits per heavy atom. The van der Waals surface area contributed by atoms with Crippen LogP contribution in [0.25, 0.3) is 0 Å². The standard InChI is InChI=1S/2CH4O2S.Cu/c2*1-4(2)3;/h2*1H3,(H,2,3);/q;;+2/p-2. The molecule has 0 fully saturated rings. The van der Waals surface area contributed by atoms with Gasteiger partial charge in [0.15, 0.2) is 0 Å². The minimum atomic E-state index is -1.86. The van der Waals surface area contributed by atoms with E-state index in [9.17, 15) is 0 Å². The van der Waals surface area contributed by atoms with Gasteiger partial charge in [0.25, 0.3) is 0 Å². The first-order valence-electron chi connectivity index (χ1n) is 1.48. The molecule has 9 heavy (non-hydrogen) atoms. The fourth-order valence-electron chi connectivity index (χ4n) is 0. The summed E-state index contributed by atoms with van der Waals surface area (Å²) in [4.78, 5) is 0. The number of hydrogen-bond donors (Lipinski definition) is 0. The van der Waals surface area contributed by atoms with Crippen molar-refractivity contribution in [1.82, 2.24) is 0 Å². The van der Waals surface area contributed by atoms with Crippen LogP contribution in [-0.2, 0) is 39.2 Å². The first-order chi connectivity index (χ1) is 3.46. The first-order valence-corrected chi connectivity index (χ1v) is 4.45. The first kappa shape index (κ1) is 16.4. The van der Waals surface area contributed by atoms with Crippen LogP contribution in [0.15, 0.2) is 0 Å². The second-order valence-corrected chi connectivity index (χ2v) is 2.41. The summed E-state index contributed by atoms with van der Waals surface area (Å²) < 4.78 is 36.0. The Bertz CT molecular complexity index is 74.6. The molecule has 0 bridgehead atoms. The third-order valence-electron chi connectivity index (χ3n) is 0. The summed E-state index contributed by atoms with van der Waals surface area (Å²) in [6, 6.07) is 0. The predicted octanol–water partition coefficient (Wildman–Crippen LogP) is -1.01. The molecule has 61 valence electrons. The molecule has 0 aliphatic heterocycles. The molecule has 0 spiro atoms. The second-order valence-electron chi connectivity index (χ2n) is 0.803. The minimum absolute atomic E-state index is 0. The Morgan fingerprint density at radius 2 is 1.00 bits per heavy atom. The summed E-state index contributed by atoms with van der Waals surface area (Å²) in [7, 11) is 0. The average Bonchev–Trinajstić information content (AvgIpc) is 1.25. The third kappa shape index (κ3) is 726. The molecule has 2 atom stereocenters. The molecular formula is C2H6CuO4S2. The van der Waals surface area contributed by atoms with E-state index in [1.54, 1.807) is 0 Å². The van der Waals surface area contributed by atoms with Crippen molar-refractivity contribution in [1.29, 1.82) is 0 Å². The average molecular weight is 222 g/mol. The second kappa shape index (κ2) is 11.5. The fourth-order valence-corrected chi connectivity index (χ4v) is 0. The van der Waals surface area contributed by atoms with Crippen molar-refractivity contribution in [2.24, 2.45) is 0 Å². The molecule has 0 aromatic rings. The zero-order valence-electron chi connectivity index (χ0n) is 4.75. The van der Waals surface area contributed by atoms with Crippen LogP contribution in [0.3, 0.4) is 0 Å². The minimum Gasteiger partial charge on any atom is -0.773 e. The molecule has 2 unspecified atom stereocenters. The molecule has 4 nitrogen and oxygen atoms in total. The topological polar surface area (TPSA) is 80.3 Å². The van der Waals surface area contributed by atoms with Crippen molar-refractivity contribution in [3.8, 4) is 0 Å². The van der Waals surface area contributed by atoms with Crippen LogP contribution in [0.2, 0.25) is 0 Å². The van der Waals surface area contributed by atoms with Crippen LogP contribution < -0.4 is 0 Å². The van der Waals surface area contributed by atoms with E-state index in [4.69, 9.17) is 17.5 Å². The fraction of sp³-hybridized carbons (Fsp3) is 1.00. The normalized spacial score (nSPS) is 13.8. The van der Waals surface area contributed by atoms with E-state index >= 15 is 0 Å². The quantitative estimate of drug-likeness (QED) is 0.388. The van der Waals surface area contributed by atoms with Crippen LogP contribution in [0.4, 0.5) is 0 Å². The van der Waals surface area contributed by atoms with Crippen LogP contribution >= 0.6 is 0 Å². The maximum atomic E-state index is 9.00. The van der Waals surface area contributed by atoms with Crippen molar-refractivity contribution in [3.63, 3.8) is 0 Å². The number of hydrogen-bond acceptors (Lipinski definition) is 4. The van der Waals surface area contributed by atoms with Gasteiger partial charge in [-0.25, -0.2) is 0 Å². The Hall–Kier alpha value is 0.739. The van der Waals surface area contributed by atoms with Crippen LogP contribution in [0.5, 0.6) is 0 Å². The molecule has 0 saturated heterocycles. The van der Waals surface area contributed by atoms with Gasteiger partial charge in [0, 0.05) is 0 Å². The van der Waals surface area contributed by atoms with E-state index in [1.807, 2.05) is 0 Å². The van der Waals surface area contributed by atoms with Crippen LogP contribution in [-0.4, -0.2) is 30.0 Å². The predicted molar refractivity (Wildman–Crippen MR) is 29.7 cm³/mol. The summed E-state index contributed by atoms with van der Waals surface area (Å²) in [5.41, 5.74) is 0. The molecule has 1 radical (unpaired) electrons. The summed E-state index contributed by atoms with van der Waals surface area (Å²) in [5.74, 6) is 0. The maximum absolute atomic E-state index is 9.00. The van der Waals surface area contributed by atoms with Gasteiger partial charge in [0.05, 0.1) is 0 Å². The zero-order chi connectivity index (χ0) is 7.15. The third-order valence-corrected chi connectivity index (χ3v) is 0. The van der Waals surface area contributed by atoms with E-state index in [-0.39, 0.29) is 17.1 Å². The molecule has 0 aliphatic carbocycles. The molecule has 0 amide bonds. The van der Waals surface area contributed by atoms with Gasteiger partial charge in [-0.05, 0) is 12.5 Å². The van der Waals surface area contributed by atoms with Gasteiger partial charge in [-0.3, -0.25) is 8.42 Å². The van der Waals surface area contributed by atoms with Gasteiger partial charge < -0.3 is 9.11 Å². The Kier molecular flexibility index (Phi) is 21.0. The Balaban J connectivity index is -0.0000000720. The van der Waals surface area contributed by atoms with E-state index in [1.165, 1.54) is 0 Å². The Morgan fingerprint density at radius 1 is 1.00 bits per heavy atom. The Labute approximate surface area is 69.5 Å². The molecule has 0 aliphatic rings. The van der Waals surface area contributed by atoms with Gasteiger partial charge in [-0.2, -0.15) is 0 Å². The van der Waals surface area contributed by atoms with Crippen molar-refractivity contribution < 1.29 is 34.6 Å². The van der Waals surface area contributed by atoms with Crippen molar-refractivity contribution in [2.75, 3.05) is 12.5 Å². The smallest absolute Gasteiger partial charge is 0.773 e. The maximum Gasteiger partial charge on any atom is 2.00 e. The molecule has 7 heteroatoms. The zero-order valence-corrected chi connectivity index (χ0v) is 7.33. The molecule has 0 heterocycles. The summed E-state index contributed by atoms with van der Waals surface area (Å²) in [5, 5.41) is 0. The molecular weight excluding hydrogens is 216 g/mol. The largest absolute Gasteiger partial charge is 2.00 e. The summed E-state index contributed by atoms with van der Waals surface area (Å²) >= 11 is -3.72. The van der Waals surface area contributed by atoms with E-state index in [0.29, 0.717) is 0 Å². The van der Waals surface area contributed by atoms with Gasteiger partial charge in [0.2, 0.25) is 0 Å². The van der Waals surface area contributed by atoms with Gasteiger partial charge in [0.1, 0.15) is 0 Å². The molecule has 0 aromatic carbocycles. The summed E-state index contributed by atoms with van der Waals surface area (Å²) in [6.45, 7) is 0. The molecule has 0 aromatic heterocycles. The van der Waals surface area contributed by atoms with E-state index in [2.05, 4.69) is 0 Å².